The fraction of sp³-hybridized carbons (Fsp3) is 0.333. The first-order chi connectivity index (χ1) is 9.47. The third-order valence-corrected chi connectivity index (χ3v) is 3.57. The molecule has 0 aromatic heterocycles. The number of carboxylic acid groups (broad SMARTS) is 1. The summed E-state index contributed by atoms with van der Waals surface area (Å²) in [5, 5.41) is 14.4. The minimum absolute atomic E-state index is 0.235. The largest absolute Gasteiger partial charge is 0.481 e. The second-order valence-corrected chi connectivity index (χ2v) is 5.02. The molecule has 0 aliphatic heterocycles. The van der Waals surface area contributed by atoms with E-state index in [4.69, 9.17) is 5.11 Å². The van der Waals surface area contributed by atoms with Crippen LogP contribution in [0.4, 0.5) is 10.5 Å². The van der Waals surface area contributed by atoms with E-state index < -0.39 is 11.9 Å². The summed E-state index contributed by atoms with van der Waals surface area (Å²) in [6.45, 7) is 3.93. The van der Waals surface area contributed by atoms with Gasteiger partial charge in [0.1, 0.15) is 0 Å². The Morgan fingerprint density at radius 1 is 1.25 bits per heavy atom. The summed E-state index contributed by atoms with van der Waals surface area (Å²) in [5.41, 5.74) is 2.89. The lowest BCUT2D eigenvalue weighted by atomic mass is 10.1. The molecular weight excluding hydrogens is 256 g/mol. The van der Waals surface area contributed by atoms with Crippen LogP contribution in [-0.2, 0) is 4.79 Å². The van der Waals surface area contributed by atoms with Crippen LogP contribution in [0, 0.1) is 19.8 Å². The second-order valence-electron chi connectivity index (χ2n) is 5.02. The molecule has 0 heterocycles. The van der Waals surface area contributed by atoms with Crippen LogP contribution < -0.4 is 10.6 Å². The average Bonchev–Trinajstić information content (AvgIpc) is 2.83. The number of hydrogen-bond donors (Lipinski definition) is 3. The third-order valence-electron chi connectivity index (χ3n) is 3.57. The third kappa shape index (κ3) is 3.17. The number of carbonyl (C=O) groups is 2. The number of benzene rings is 1. The highest BCUT2D eigenvalue weighted by molar-refractivity contribution is 5.90. The van der Waals surface area contributed by atoms with Crippen molar-refractivity contribution >= 4 is 17.7 Å². The van der Waals surface area contributed by atoms with Gasteiger partial charge in [-0.3, -0.25) is 4.79 Å². The van der Waals surface area contributed by atoms with Gasteiger partial charge in [0.05, 0.1) is 12.0 Å². The number of urea groups is 1. The van der Waals surface area contributed by atoms with Gasteiger partial charge in [-0.1, -0.05) is 24.3 Å². The van der Waals surface area contributed by atoms with E-state index in [0.717, 1.165) is 16.8 Å². The summed E-state index contributed by atoms with van der Waals surface area (Å²) in [6, 6.07) is 5.15. The first-order valence-electron chi connectivity index (χ1n) is 6.52. The van der Waals surface area contributed by atoms with E-state index in [2.05, 4.69) is 10.6 Å². The summed E-state index contributed by atoms with van der Waals surface area (Å²) >= 11 is 0. The number of aliphatic carboxylic acids is 1. The lowest BCUT2D eigenvalue weighted by Gasteiger charge is -2.15. The van der Waals surface area contributed by atoms with E-state index in [1.54, 1.807) is 12.2 Å². The quantitative estimate of drug-likeness (QED) is 0.741. The Morgan fingerprint density at radius 2 is 2.00 bits per heavy atom. The molecular formula is C15H18N2O3. The summed E-state index contributed by atoms with van der Waals surface area (Å²) in [4.78, 5) is 22.7. The minimum Gasteiger partial charge on any atom is -0.481 e. The molecule has 0 spiro atoms. The van der Waals surface area contributed by atoms with Crippen LogP contribution in [0.15, 0.2) is 30.4 Å². The highest BCUT2D eigenvalue weighted by Crippen LogP contribution is 2.20. The number of anilines is 1. The predicted octanol–water partition coefficient (Wildman–Crippen LogP) is 2.45. The first kappa shape index (κ1) is 14.1. The Morgan fingerprint density at radius 3 is 2.65 bits per heavy atom. The fourth-order valence-electron chi connectivity index (χ4n) is 2.20. The minimum atomic E-state index is -0.861. The van der Waals surface area contributed by atoms with E-state index in [1.165, 1.54) is 0 Å². The van der Waals surface area contributed by atoms with Gasteiger partial charge < -0.3 is 15.7 Å². The Labute approximate surface area is 117 Å². The van der Waals surface area contributed by atoms with E-state index >= 15 is 0 Å². The summed E-state index contributed by atoms with van der Waals surface area (Å²) in [7, 11) is 0. The number of hydrogen-bond acceptors (Lipinski definition) is 2. The lowest BCUT2D eigenvalue weighted by Crippen LogP contribution is -2.36. The number of carboxylic acids is 1. The van der Waals surface area contributed by atoms with Gasteiger partial charge in [-0.15, -0.1) is 0 Å². The zero-order chi connectivity index (χ0) is 14.7. The van der Waals surface area contributed by atoms with Crippen LogP contribution in [0.1, 0.15) is 17.5 Å². The van der Waals surface area contributed by atoms with Crippen molar-refractivity contribution in [2.24, 2.45) is 5.92 Å². The molecule has 5 heteroatoms. The molecule has 1 aromatic rings. The van der Waals surface area contributed by atoms with Gasteiger partial charge in [0, 0.05) is 5.69 Å². The maximum atomic E-state index is 11.9. The topological polar surface area (TPSA) is 78.4 Å². The number of amides is 2. The van der Waals surface area contributed by atoms with E-state index in [-0.39, 0.29) is 12.1 Å². The SMILES string of the molecule is Cc1cccc(NC(=O)NC2C=CC(C(=O)O)C2)c1C. The van der Waals surface area contributed by atoms with Gasteiger partial charge in [0.2, 0.25) is 0 Å². The molecule has 2 atom stereocenters. The summed E-state index contributed by atoms with van der Waals surface area (Å²) in [5.74, 6) is -1.37. The van der Waals surface area contributed by atoms with Crippen molar-refractivity contribution in [1.82, 2.24) is 5.32 Å². The van der Waals surface area contributed by atoms with Crippen molar-refractivity contribution in [2.75, 3.05) is 5.32 Å². The zero-order valence-electron chi connectivity index (χ0n) is 11.5. The summed E-state index contributed by atoms with van der Waals surface area (Å²) in [6.07, 6.45) is 3.74. The van der Waals surface area contributed by atoms with Crippen molar-refractivity contribution in [3.8, 4) is 0 Å². The molecule has 0 bridgehead atoms. The standard InChI is InChI=1S/C15H18N2O3/c1-9-4-3-5-13(10(9)2)17-15(20)16-12-7-6-11(8-12)14(18)19/h3-7,11-12H,8H2,1-2H3,(H,18,19)(H2,16,17,20). The van der Waals surface area contributed by atoms with Gasteiger partial charge in [0.25, 0.3) is 0 Å². The Kier molecular flexibility index (Phi) is 4.08. The van der Waals surface area contributed by atoms with Crippen LogP contribution in [0.3, 0.4) is 0 Å². The molecule has 2 amide bonds. The van der Waals surface area contributed by atoms with Gasteiger partial charge >= 0.3 is 12.0 Å². The zero-order valence-corrected chi connectivity index (χ0v) is 11.5. The molecule has 0 saturated heterocycles. The van der Waals surface area contributed by atoms with E-state index in [9.17, 15) is 9.59 Å². The molecule has 0 fully saturated rings. The maximum Gasteiger partial charge on any atom is 0.319 e. The van der Waals surface area contributed by atoms with Crippen LogP contribution in [0.2, 0.25) is 0 Å². The molecule has 2 rings (SSSR count). The molecule has 1 aliphatic rings. The Hall–Kier alpha value is -2.30. The van der Waals surface area contributed by atoms with Crippen LogP contribution in [0.5, 0.6) is 0 Å². The van der Waals surface area contributed by atoms with Crippen LogP contribution >= 0.6 is 0 Å². The number of carbonyl (C=O) groups excluding carboxylic acids is 1. The van der Waals surface area contributed by atoms with Crippen molar-refractivity contribution in [1.29, 1.82) is 0 Å². The Balaban J connectivity index is 1.92. The molecule has 0 saturated carbocycles. The van der Waals surface area contributed by atoms with Crippen molar-refractivity contribution < 1.29 is 14.7 Å². The molecule has 5 nitrogen and oxygen atoms in total. The molecule has 1 aromatic carbocycles. The first-order valence-corrected chi connectivity index (χ1v) is 6.52. The van der Waals surface area contributed by atoms with Gasteiger partial charge in [-0.05, 0) is 37.5 Å². The van der Waals surface area contributed by atoms with Crippen LogP contribution in [0.25, 0.3) is 0 Å². The van der Waals surface area contributed by atoms with Gasteiger partial charge in [0.15, 0.2) is 0 Å². The van der Waals surface area contributed by atoms with Gasteiger partial charge in [-0.2, -0.15) is 0 Å². The van der Waals surface area contributed by atoms with Gasteiger partial charge in [-0.25, -0.2) is 4.79 Å². The van der Waals surface area contributed by atoms with E-state index in [0.29, 0.717) is 6.42 Å². The maximum absolute atomic E-state index is 11.9. The van der Waals surface area contributed by atoms with Crippen molar-refractivity contribution in [2.45, 2.75) is 26.3 Å². The monoisotopic (exact) mass is 274 g/mol. The molecule has 20 heavy (non-hydrogen) atoms. The molecule has 1 aliphatic carbocycles. The lowest BCUT2D eigenvalue weighted by molar-refractivity contribution is -0.140. The van der Waals surface area contributed by atoms with Crippen molar-refractivity contribution in [3.05, 3.63) is 41.5 Å². The number of aryl methyl sites for hydroxylation is 1. The smallest absolute Gasteiger partial charge is 0.319 e. The molecule has 0 radical (unpaired) electrons. The highest BCUT2D eigenvalue weighted by atomic mass is 16.4. The van der Waals surface area contributed by atoms with E-state index in [1.807, 2.05) is 32.0 Å². The average molecular weight is 274 g/mol. The van der Waals surface area contributed by atoms with Crippen molar-refractivity contribution in [3.63, 3.8) is 0 Å². The van der Waals surface area contributed by atoms with Crippen LogP contribution in [-0.4, -0.2) is 23.1 Å². The Bertz CT molecular complexity index is 566. The number of nitrogens with one attached hydrogen (secondary N) is 2. The highest BCUT2D eigenvalue weighted by Gasteiger charge is 2.25. The second kappa shape index (κ2) is 5.77. The molecule has 3 N–H and O–H groups in total. The fourth-order valence-corrected chi connectivity index (χ4v) is 2.20. The number of rotatable bonds is 3. The predicted molar refractivity (Wildman–Crippen MR) is 76.7 cm³/mol. The molecule has 2 unspecified atom stereocenters. The molecule has 106 valence electrons. The normalized spacial score (nSPS) is 20.7. The summed E-state index contributed by atoms with van der Waals surface area (Å²) < 4.78 is 0.